The number of carbonyl (C=O) groups is 4. The van der Waals surface area contributed by atoms with E-state index in [-0.39, 0.29) is 17.4 Å². The molecule has 42 heavy (non-hydrogen) atoms. The van der Waals surface area contributed by atoms with Crippen molar-refractivity contribution in [3.05, 3.63) is 109 Å². The van der Waals surface area contributed by atoms with E-state index in [1.54, 1.807) is 43.3 Å². The first kappa shape index (κ1) is 33.0. The first-order chi connectivity index (χ1) is 20.2. The molecule has 1 N–H and O–H groups in total. The predicted molar refractivity (Wildman–Crippen MR) is 160 cm³/mol. The highest BCUT2D eigenvalue weighted by Crippen LogP contribution is 2.21. The van der Waals surface area contributed by atoms with E-state index >= 15 is 0 Å². The number of esters is 3. The zero-order valence-corrected chi connectivity index (χ0v) is 24.0. The van der Waals surface area contributed by atoms with Crippen LogP contribution in [-0.4, -0.2) is 37.0 Å². The van der Waals surface area contributed by atoms with Gasteiger partial charge in [0.05, 0.1) is 24.3 Å². The normalized spacial score (nSPS) is 9.79. The highest BCUT2D eigenvalue weighted by atomic mass is 16.5. The maximum Gasteiger partial charge on any atom is 0.343 e. The predicted octanol–water partition coefficient (Wildman–Crippen LogP) is 6.55. The van der Waals surface area contributed by atoms with Crippen LogP contribution in [0.25, 0.3) is 0 Å². The summed E-state index contributed by atoms with van der Waals surface area (Å²) in [7, 11) is 0. The smallest absolute Gasteiger partial charge is 0.343 e. The Kier molecular flexibility index (Phi) is 13.8. The van der Waals surface area contributed by atoms with Gasteiger partial charge < -0.3 is 24.3 Å². The van der Waals surface area contributed by atoms with Crippen LogP contribution in [0.3, 0.4) is 0 Å². The molecule has 0 heterocycles. The Balaban J connectivity index is 0.00000301. The van der Waals surface area contributed by atoms with Crippen LogP contribution < -0.4 is 19.5 Å². The molecule has 0 aliphatic heterocycles. The molecular formula is C33H35NO8. The SMILES string of the molecule is C=CC(=O)OCCCCOc1ccc(C(=O)Oc2ccc(OC(=O)c3ccc(NC(=O)C(=C)C)cc3)cc2)cc1.CC. The molecule has 0 radical (unpaired) electrons. The van der Waals surface area contributed by atoms with Crippen LogP contribution in [0.1, 0.15) is 54.3 Å². The average Bonchev–Trinajstić information content (AvgIpc) is 3.01. The first-order valence-electron chi connectivity index (χ1n) is 13.4. The van der Waals surface area contributed by atoms with Gasteiger partial charge >= 0.3 is 17.9 Å². The molecule has 0 atom stereocenters. The molecule has 3 aromatic rings. The Morgan fingerprint density at radius 3 is 1.64 bits per heavy atom. The lowest BCUT2D eigenvalue weighted by Crippen LogP contribution is -2.12. The third-order valence-corrected chi connectivity index (χ3v) is 5.32. The molecule has 220 valence electrons. The standard InChI is InChI=1S/C31H29NO8.C2H6/c1-4-28(33)38-20-6-5-19-37-25-13-9-23(10-14-25)31(36)40-27-17-15-26(16-18-27)39-30(35)22-7-11-24(12-8-22)32-29(34)21(2)3;1-2/h4,7-18H,1-2,5-6,19-20H2,3H3,(H,32,34);1-2H3. The maximum absolute atomic E-state index is 12.5. The monoisotopic (exact) mass is 573 g/mol. The number of carbonyl (C=O) groups excluding carboxylic acids is 4. The van der Waals surface area contributed by atoms with Gasteiger partial charge in [-0.3, -0.25) is 4.79 Å². The largest absolute Gasteiger partial charge is 0.494 e. The Morgan fingerprint density at radius 2 is 1.17 bits per heavy atom. The van der Waals surface area contributed by atoms with Crippen LogP contribution in [-0.2, 0) is 14.3 Å². The van der Waals surface area contributed by atoms with E-state index in [0.29, 0.717) is 54.2 Å². The number of ether oxygens (including phenoxy) is 4. The van der Waals surface area contributed by atoms with Crippen molar-refractivity contribution in [2.75, 3.05) is 18.5 Å². The highest BCUT2D eigenvalue weighted by molar-refractivity contribution is 6.03. The van der Waals surface area contributed by atoms with Crippen LogP contribution in [0.5, 0.6) is 17.2 Å². The molecule has 3 aromatic carbocycles. The molecule has 1 amide bonds. The van der Waals surface area contributed by atoms with Gasteiger partial charge in [-0.2, -0.15) is 0 Å². The summed E-state index contributed by atoms with van der Waals surface area (Å²) < 4.78 is 21.3. The fourth-order valence-electron chi connectivity index (χ4n) is 3.15. The van der Waals surface area contributed by atoms with E-state index in [4.69, 9.17) is 18.9 Å². The third-order valence-electron chi connectivity index (χ3n) is 5.32. The molecule has 0 aliphatic carbocycles. The molecular weight excluding hydrogens is 538 g/mol. The summed E-state index contributed by atoms with van der Waals surface area (Å²) in [5, 5.41) is 2.66. The molecule has 3 rings (SSSR count). The average molecular weight is 574 g/mol. The molecule has 0 saturated heterocycles. The quantitative estimate of drug-likeness (QED) is 0.106. The Bertz CT molecular complexity index is 1360. The lowest BCUT2D eigenvalue weighted by molar-refractivity contribution is -0.137. The van der Waals surface area contributed by atoms with Gasteiger partial charge in [0.2, 0.25) is 0 Å². The van der Waals surface area contributed by atoms with Gasteiger partial charge in [0.1, 0.15) is 17.2 Å². The van der Waals surface area contributed by atoms with Crippen LogP contribution in [0.4, 0.5) is 5.69 Å². The Hall–Kier alpha value is -5.18. The molecule has 9 heteroatoms. The summed E-state index contributed by atoms with van der Waals surface area (Å²) in [5.41, 5.74) is 1.53. The van der Waals surface area contributed by atoms with Gasteiger partial charge in [-0.05, 0) is 92.6 Å². The van der Waals surface area contributed by atoms with E-state index in [2.05, 4.69) is 18.5 Å². The number of benzene rings is 3. The minimum Gasteiger partial charge on any atom is -0.494 e. The van der Waals surface area contributed by atoms with Gasteiger partial charge in [0, 0.05) is 17.3 Å². The molecule has 0 saturated carbocycles. The van der Waals surface area contributed by atoms with E-state index < -0.39 is 17.9 Å². The minimum absolute atomic E-state index is 0.268. The van der Waals surface area contributed by atoms with Crippen molar-refractivity contribution in [1.29, 1.82) is 0 Å². The maximum atomic E-state index is 12.5. The number of hydrogen-bond donors (Lipinski definition) is 1. The lowest BCUT2D eigenvalue weighted by atomic mass is 10.2. The van der Waals surface area contributed by atoms with Crippen LogP contribution in [0.15, 0.2) is 97.6 Å². The topological polar surface area (TPSA) is 117 Å². The van der Waals surface area contributed by atoms with Crippen LogP contribution in [0.2, 0.25) is 0 Å². The van der Waals surface area contributed by atoms with Crippen LogP contribution >= 0.6 is 0 Å². The zero-order valence-electron chi connectivity index (χ0n) is 24.0. The third kappa shape index (κ3) is 11.1. The molecule has 0 unspecified atom stereocenters. The van der Waals surface area contributed by atoms with Gasteiger partial charge in [-0.15, -0.1) is 0 Å². The number of anilines is 1. The van der Waals surface area contributed by atoms with Gasteiger partial charge in [0.25, 0.3) is 5.91 Å². The number of hydrogen-bond acceptors (Lipinski definition) is 8. The summed E-state index contributed by atoms with van der Waals surface area (Å²) in [6.07, 6.45) is 2.47. The second-order valence-corrected chi connectivity index (χ2v) is 8.51. The van der Waals surface area contributed by atoms with Crippen molar-refractivity contribution in [2.45, 2.75) is 33.6 Å². The summed E-state index contributed by atoms with van der Waals surface area (Å²) in [4.78, 5) is 47.6. The molecule has 0 spiro atoms. The lowest BCUT2D eigenvalue weighted by Gasteiger charge is -2.09. The van der Waals surface area contributed by atoms with Crippen molar-refractivity contribution in [3.8, 4) is 17.2 Å². The van der Waals surface area contributed by atoms with E-state index in [9.17, 15) is 19.2 Å². The Morgan fingerprint density at radius 1 is 0.714 bits per heavy atom. The second kappa shape index (κ2) is 17.5. The van der Waals surface area contributed by atoms with E-state index in [1.165, 1.54) is 36.4 Å². The molecule has 9 nitrogen and oxygen atoms in total. The molecule has 0 bridgehead atoms. The van der Waals surface area contributed by atoms with E-state index in [1.807, 2.05) is 13.8 Å². The fourth-order valence-corrected chi connectivity index (χ4v) is 3.15. The molecule has 0 aliphatic rings. The molecule has 0 fully saturated rings. The number of rotatable bonds is 13. The van der Waals surface area contributed by atoms with E-state index in [0.717, 1.165) is 6.08 Å². The second-order valence-electron chi connectivity index (χ2n) is 8.51. The van der Waals surface area contributed by atoms with Crippen LogP contribution in [0, 0.1) is 0 Å². The number of unbranched alkanes of at least 4 members (excludes halogenated alkanes) is 1. The zero-order chi connectivity index (χ0) is 30.9. The number of amides is 1. The van der Waals surface area contributed by atoms with Crippen molar-refractivity contribution >= 4 is 29.5 Å². The summed E-state index contributed by atoms with van der Waals surface area (Å²) in [6, 6.07) is 18.8. The van der Waals surface area contributed by atoms with Gasteiger partial charge in [0.15, 0.2) is 0 Å². The summed E-state index contributed by atoms with van der Waals surface area (Å²) in [5.74, 6) is -0.757. The van der Waals surface area contributed by atoms with Gasteiger partial charge in [-0.1, -0.05) is 27.0 Å². The highest BCUT2D eigenvalue weighted by Gasteiger charge is 2.12. The summed E-state index contributed by atoms with van der Waals surface area (Å²) in [6.45, 7) is 13.2. The Labute approximate surface area is 245 Å². The fraction of sp³-hybridized carbons (Fsp3) is 0.212. The first-order valence-corrected chi connectivity index (χ1v) is 13.4. The van der Waals surface area contributed by atoms with Crippen molar-refractivity contribution in [1.82, 2.24) is 0 Å². The number of nitrogens with one attached hydrogen (secondary N) is 1. The van der Waals surface area contributed by atoms with Crippen molar-refractivity contribution in [3.63, 3.8) is 0 Å². The van der Waals surface area contributed by atoms with Crippen molar-refractivity contribution in [2.24, 2.45) is 0 Å². The summed E-state index contributed by atoms with van der Waals surface area (Å²) >= 11 is 0. The minimum atomic E-state index is -0.582. The van der Waals surface area contributed by atoms with Gasteiger partial charge in [-0.25, -0.2) is 14.4 Å². The molecule has 0 aromatic heterocycles. The van der Waals surface area contributed by atoms with Crippen molar-refractivity contribution < 1.29 is 38.1 Å².